The van der Waals surface area contributed by atoms with Crippen molar-refractivity contribution in [3.63, 3.8) is 0 Å². The molecule has 9 heteroatoms. The van der Waals surface area contributed by atoms with E-state index in [1.54, 1.807) is 24.0 Å². The molecule has 1 fully saturated rings. The van der Waals surface area contributed by atoms with Crippen molar-refractivity contribution in [1.82, 2.24) is 9.62 Å². The van der Waals surface area contributed by atoms with Crippen LogP contribution in [0.2, 0.25) is 0 Å². The van der Waals surface area contributed by atoms with Crippen LogP contribution in [0.4, 0.5) is 0 Å². The predicted molar refractivity (Wildman–Crippen MR) is 103 cm³/mol. The zero-order valence-corrected chi connectivity index (χ0v) is 17.2. The highest BCUT2D eigenvalue weighted by atomic mass is 32.2. The number of benzene rings is 1. The van der Waals surface area contributed by atoms with Crippen LogP contribution in [0.5, 0.6) is 5.75 Å². The van der Waals surface area contributed by atoms with Gasteiger partial charge in [-0.1, -0.05) is 0 Å². The molecule has 1 heterocycles. The van der Waals surface area contributed by atoms with Gasteiger partial charge in [0.05, 0.1) is 24.0 Å². The van der Waals surface area contributed by atoms with Crippen LogP contribution in [-0.2, 0) is 24.3 Å². The van der Waals surface area contributed by atoms with Crippen LogP contribution in [0.3, 0.4) is 0 Å². The molecule has 0 unspecified atom stereocenters. The molecule has 8 nitrogen and oxygen atoms in total. The maximum absolute atomic E-state index is 12.3. The molecule has 1 aromatic carbocycles. The first-order valence-electron chi connectivity index (χ1n) is 9.54. The van der Waals surface area contributed by atoms with Crippen molar-refractivity contribution in [3.8, 4) is 5.75 Å². The van der Waals surface area contributed by atoms with E-state index >= 15 is 0 Å². The third-order valence-corrected chi connectivity index (χ3v) is 6.02. The average Bonchev–Trinajstić information content (AvgIpc) is 2.69. The summed E-state index contributed by atoms with van der Waals surface area (Å²) in [7, 11) is -3.68. The van der Waals surface area contributed by atoms with Gasteiger partial charge in [-0.15, -0.1) is 0 Å². The van der Waals surface area contributed by atoms with Crippen LogP contribution >= 0.6 is 0 Å². The molecular weight excluding hydrogens is 384 g/mol. The summed E-state index contributed by atoms with van der Waals surface area (Å²) in [6.45, 7) is 5.46. The van der Waals surface area contributed by atoms with Gasteiger partial charge >= 0.3 is 5.97 Å². The molecule has 0 atom stereocenters. The molecule has 0 bridgehead atoms. The molecule has 1 saturated heterocycles. The summed E-state index contributed by atoms with van der Waals surface area (Å²) in [5.74, 6) is 0.0967. The molecule has 0 spiro atoms. The third kappa shape index (κ3) is 6.20. The Kier molecular flexibility index (Phi) is 8.25. The van der Waals surface area contributed by atoms with E-state index in [1.165, 1.54) is 12.1 Å². The first-order chi connectivity index (χ1) is 13.4. The van der Waals surface area contributed by atoms with E-state index < -0.39 is 10.0 Å². The number of esters is 1. The largest absolute Gasteiger partial charge is 0.494 e. The summed E-state index contributed by atoms with van der Waals surface area (Å²) in [6.07, 6.45) is 1.21. The highest BCUT2D eigenvalue weighted by Gasteiger charge is 2.28. The van der Waals surface area contributed by atoms with Crippen molar-refractivity contribution in [3.05, 3.63) is 24.3 Å². The van der Waals surface area contributed by atoms with Crippen LogP contribution in [0.25, 0.3) is 0 Å². The number of piperidine rings is 1. The summed E-state index contributed by atoms with van der Waals surface area (Å²) in [5, 5.41) is 0. The Morgan fingerprint density at radius 3 is 2.32 bits per heavy atom. The number of amides is 1. The van der Waals surface area contributed by atoms with Gasteiger partial charge in [-0.2, -0.15) is 0 Å². The number of carbonyl (C=O) groups excluding carboxylic acids is 2. The molecule has 0 saturated carbocycles. The number of sulfonamides is 1. The Bertz CT molecular complexity index is 755. The molecular formula is C19H28N2O6S. The minimum atomic E-state index is -3.68. The van der Waals surface area contributed by atoms with Gasteiger partial charge in [-0.25, -0.2) is 13.1 Å². The second-order valence-corrected chi connectivity index (χ2v) is 8.23. The van der Waals surface area contributed by atoms with Gasteiger partial charge in [0.1, 0.15) is 5.75 Å². The van der Waals surface area contributed by atoms with Gasteiger partial charge in [0.15, 0.2) is 0 Å². The van der Waals surface area contributed by atoms with E-state index in [4.69, 9.17) is 9.47 Å². The number of nitrogens with zero attached hydrogens (tertiary/aromatic N) is 1. The topological polar surface area (TPSA) is 102 Å². The van der Waals surface area contributed by atoms with Crippen LogP contribution in [0.15, 0.2) is 29.2 Å². The Morgan fingerprint density at radius 1 is 1.11 bits per heavy atom. The normalized spacial score (nSPS) is 15.3. The van der Waals surface area contributed by atoms with Gasteiger partial charge < -0.3 is 14.4 Å². The van der Waals surface area contributed by atoms with Gasteiger partial charge in [0, 0.05) is 26.1 Å². The van der Waals surface area contributed by atoms with E-state index in [1.807, 2.05) is 6.92 Å². The minimum Gasteiger partial charge on any atom is -0.494 e. The zero-order chi connectivity index (χ0) is 20.6. The number of likely N-dealkylation sites (tertiary alicyclic amines) is 1. The van der Waals surface area contributed by atoms with Crippen LogP contribution in [0, 0.1) is 5.92 Å². The zero-order valence-electron chi connectivity index (χ0n) is 16.3. The van der Waals surface area contributed by atoms with Gasteiger partial charge in [0.25, 0.3) is 0 Å². The highest BCUT2D eigenvalue weighted by molar-refractivity contribution is 7.89. The van der Waals surface area contributed by atoms with Crippen LogP contribution in [0.1, 0.15) is 33.1 Å². The smallest absolute Gasteiger partial charge is 0.309 e. The maximum atomic E-state index is 12.3. The maximum Gasteiger partial charge on any atom is 0.309 e. The number of rotatable bonds is 9. The quantitative estimate of drug-likeness (QED) is 0.618. The van der Waals surface area contributed by atoms with Crippen molar-refractivity contribution in [2.45, 2.75) is 38.0 Å². The lowest BCUT2D eigenvalue weighted by atomic mass is 9.97. The van der Waals surface area contributed by atoms with E-state index in [0.29, 0.717) is 44.9 Å². The molecule has 0 aromatic heterocycles. The fraction of sp³-hybridized carbons (Fsp3) is 0.579. The molecule has 2 rings (SSSR count). The van der Waals surface area contributed by atoms with E-state index in [9.17, 15) is 18.0 Å². The van der Waals surface area contributed by atoms with Gasteiger partial charge in [0.2, 0.25) is 15.9 Å². The van der Waals surface area contributed by atoms with E-state index in [-0.39, 0.29) is 35.7 Å². The highest BCUT2D eigenvalue weighted by Crippen LogP contribution is 2.19. The summed E-state index contributed by atoms with van der Waals surface area (Å²) >= 11 is 0. The first-order valence-corrected chi connectivity index (χ1v) is 11.0. The second-order valence-electron chi connectivity index (χ2n) is 6.46. The predicted octanol–water partition coefficient (Wildman–Crippen LogP) is 1.56. The first kappa shape index (κ1) is 22.2. The minimum absolute atomic E-state index is 0.0200. The molecule has 1 amide bonds. The number of hydrogen-bond acceptors (Lipinski definition) is 6. The number of hydrogen-bond donors (Lipinski definition) is 1. The Labute approximate surface area is 166 Å². The molecule has 0 aliphatic carbocycles. The average molecular weight is 413 g/mol. The molecule has 0 radical (unpaired) electrons. The number of ether oxygens (including phenoxy) is 2. The van der Waals surface area contributed by atoms with Crippen molar-refractivity contribution in [2.24, 2.45) is 5.92 Å². The fourth-order valence-electron chi connectivity index (χ4n) is 3.04. The lowest BCUT2D eigenvalue weighted by Crippen LogP contribution is -2.41. The van der Waals surface area contributed by atoms with E-state index in [0.717, 1.165) is 0 Å². The number of carbonyl (C=O) groups is 2. The lowest BCUT2D eigenvalue weighted by molar-refractivity contribution is -0.151. The van der Waals surface area contributed by atoms with Gasteiger partial charge in [-0.05, 0) is 51.0 Å². The SMILES string of the molecule is CCOC(=O)C1CCN(C(=O)CCNS(=O)(=O)c2ccc(OCC)cc2)CC1. The van der Waals surface area contributed by atoms with Crippen molar-refractivity contribution < 1.29 is 27.5 Å². The Balaban J connectivity index is 1.78. The fourth-order valence-corrected chi connectivity index (χ4v) is 4.07. The summed E-state index contributed by atoms with van der Waals surface area (Å²) in [4.78, 5) is 25.8. The van der Waals surface area contributed by atoms with Crippen molar-refractivity contribution >= 4 is 21.9 Å². The summed E-state index contributed by atoms with van der Waals surface area (Å²) in [6, 6.07) is 6.12. The van der Waals surface area contributed by atoms with Crippen LogP contribution < -0.4 is 9.46 Å². The van der Waals surface area contributed by atoms with Crippen LogP contribution in [-0.4, -0.2) is 58.0 Å². The summed E-state index contributed by atoms with van der Waals surface area (Å²) in [5.41, 5.74) is 0. The Morgan fingerprint density at radius 2 is 1.75 bits per heavy atom. The monoisotopic (exact) mass is 412 g/mol. The molecule has 156 valence electrons. The number of nitrogens with one attached hydrogen (secondary N) is 1. The second kappa shape index (κ2) is 10.4. The molecule has 28 heavy (non-hydrogen) atoms. The standard InChI is InChI=1S/C19H28N2O6S/c1-3-26-16-5-7-17(8-6-16)28(24,25)20-12-9-18(22)21-13-10-15(11-14-21)19(23)27-4-2/h5-8,15,20H,3-4,9-14H2,1-2H3. The molecule has 1 N–H and O–H groups in total. The van der Waals surface area contributed by atoms with Crippen molar-refractivity contribution in [2.75, 3.05) is 32.8 Å². The van der Waals surface area contributed by atoms with E-state index in [2.05, 4.69) is 4.72 Å². The summed E-state index contributed by atoms with van der Waals surface area (Å²) < 4.78 is 37.4. The van der Waals surface area contributed by atoms with Gasteiger partial charge in [-0.3, -0.25) is 9.59 Å². The molecule has 1 aliphatic heterocycles. The Hall–Kier alpha value is -2.13. The molecule has 1 aromatic rings. The van der Waals surface area contributed by atoms with Crippen molar-refractivity contribution in [1.29, 1.82) is 0 Å². The third-order valence-electron chi connectivity index (χ3n) is 4.54. The lowest BCUT2D eigenvalue weighted by Gasteiger charge is -2.31. The molecule has 1 aliphatic rings.